The van der Waals surface area contributed by atoms with Crippen LogP contribution in [0.1, 0.15) is 42.3 Å². The van der Waals surface area contributed by atoms with Crippen LogP contribution >= 0.6 is 11.6 Å². The maximum Gasteiger partial charge on any atom is 0.214 e. The molecule has 2 heterocycles. The Morgan fingerprint density at radius 2 is 1.91 bits per heavy atom. The fourth-order valence-corrected chi connectivity index (χ4v) is 4.65. The monoisotopic (exact) mass is 490 g/mol. The number of ether oxygens (including phenoxy) is 4. The number of rotatable bonds is 8. The van der Waals surface area contributed by atoms with Crippen LogP contribution in [0.3, 0.4) is 0 Å². The molecular weight excluding hydrogens is 464 g/mol. The second-order valence-corrected chi connectivity index (χ2v) is 8.70. The average molecular weight is 491 g/mol. The Morgan fingerprint density at radius 3 is 2.66 bits per heavy atom. The van der Waals surface area contributed by atoms with Crippen LogP contribution in [0, 0.1) is 0 Å². The zero-order valence-corrected chi connectivity index (χ0v) is 20.5. The van der Waals surface area contributed by atoms with Crippen molar-refractivity contribution in [1.29, 1.82) is 0 Å². The molecule has 0 aromatic heterocycles. The second-order valence-electron chi connectivity index (χ2n) is 8.27. The van der Waals surface area contributed by atoms with E-state index in [0.717, 1.165) is 40.3 Å². The molecule has 0 saturated carbocycles. The maximum absolute atomic E-state index is 6.47. The molecule has 0 unspecified atom stereocenters. The third-order valence-electron chi connectivity index (χ3n) is 6.08. The number of fused-ring (bicyclic) bond motifs is 3. The van der Waals surface area contributed by atoms with Crippen molar-refractivity contribution in [2.45, 2.75) is 25.6 Å². The quantitative estimate of drug-likeness (QED) is 0.335. The van der Waals surface area contributed by atoms with Gasteiger partial charge in [0.25, 0.3) is 0 Å². The van der Waals surface area contributed by atoms with Gasteiger partial charge in [0, 0.05) is 22.6 Å². The highest BCUT2D eigenvalue weighted by Gasteiger charge is 2.41. The Bertz CT molecular complexity index is 1260. The standard InChI is InChI=1S/C28H27ClN2O4/c1-4-14-34-26-12-8-19(15-27(26)32-3)28-31-24(22-16-20(29)9-13-25(22)35-28)17-23(30-31)18-6-10-21(11-7-18)33-5-2/h4,6-13,15-16,24,28H,1,5,14,17H2,2-3H3/t24-,28+/m0/s1. The van der Waals surface area contributed by atoms with E-state index in [1.165, 1.54) is 0 Å². The second kappa shape index (κ2) is 9.92. The summed E-state index contributed by atoms with van der Waals surface area (Å²) in [6, 6.07) is 19.6. The normalized spacial score (nSPS) is 18.1. The molecule has 2 atom stereocenters. The molecule has 0 N–H and O–H groups in total. The van der Waals surface area contributed by atoms with E-state index in [1.807, 2.05) is 72.6 Å². The molecule has 0 spiro atoms. The summed E-state index contributed by atoms with van der Waals surface area (Å²) in [5, 5.41) is 7.71. The first-order valence-electron chi connectivity index (χ1n) is 11.6. The zero-order valence-electron chi connectivity index (χ0n) is 19.7. The summed E-state index contributed by atoms with van der Waals surface area (Å²) in [5.74, 6) is 2.92. The van der Waals surface area contributed by atoms with Crippen molar-refractivity contribution < 1.29 is 18.9 Å². The van der Waals surface area contributed by atoms with Gasteiger partial charge in [0.05, 0.1) is 25.5 Å². The van der Waals surface area contributed by atoms with Gasteiger partial charge in [0.2, 0.25) is 6.23 Å². The first-order valence-corrected chi connectivity index (χ1v) is 12.0. The molecule has 2 aliphatic rings. The molecule has 0 saturated heterocycles. The molecule has 0 aliphatic carbocycles. The smallest absolute Gasteiger partial charge is 0.214 e. The van der Waals surface area contributed by atoms with Gasteiger partial charge in [-0.15, -0.1) is 0 Å². The summed E-state index contributed by atoms with van der Waals surface area (Å²) < 4.78 is 23.4. The number of hydrogen-bond donors (Lipinski definition) is 0. The molecule has 2 aliphatic heterocycles. The van der Waals surface area contributed by atoms with Gasteiger partial charge in [-0.1, -0.05) is 24.3 Å². The Hall–Kier alpha value is -3.64. The number of nitrogens with zero attached hydrogens (tertiary/aromatic N) is 2. The summed E-state index contributed by atoms with van der Waals surface area (Å²) >= 11 is 6.36. The Labute approximate surface area is 210 Å². The lowest BCUT2D eigenvalue weighted by Crippen LogP contribution is -2.33. The lowest BCUT2D eigenvalue weighted by atomic mass is 9.96. The molecule has 3 aromatic rings. The molecular formula is C28H27ClN2O4. The third kappa shape index (κ3) is 4.54. The predicted molar refractivity (Wildman–Crippen MR) is 137 cm³/mol. The van der Waals surface area contributed by atoms with Crippen LogP contribution < -0.4 is 18.9 Å². The molecule has 0 fully saturated rings. The van der Waals surface area contributed by atoms with Crippen molar-refractivity contribution in [2.75, 3.05) is 20.3 Å². The van der Waals surface area contributed by atoms with Crippen molar-refractivity contribution in [1.82, 2.24) is 5.01 Å². The van der Waals surface area contributed by atoms with Crippen molar-refractivity contribution in [3.05, 3.63) is 95.0 Å². The van der Waals surface area contributed by atoms with E-state index in [-0.39, 0.29) is 6.04 Å². The molecule has 0 amide bonds. The SMILES string of the molecule is C=CCOc1ccc([C@H]2Oc3ccc(Cl)cc3[C@@H]3CC(c4ccc(OCC)cc4)=NN23)cc1OC. The fraction of sp³-hybridized carbons (Fsp3) is 0.250. The fourth-order valence-electron chi connectivity index (χ4n) is 4.47. The Morgan fingerprint density at radius 1 is 1.09 bits per heavy atom. The first-order chi connectivity index (χ1) is 17.1. The molecule has 6 nitrogen and oxygen atoms in total. The van der Waals surface area contributed by atoms with Crippen LogP contribution in [-0.4, -0.2) is 31.0 Å². The molecule has 7 heteroatoms. The maximum atomic E-state index is 6.47. The average Bonchev–Trinajstić information content (AvgIpc) is 3.33. The van der Waals surface area contributed by atoms with Gasteiger partial charge in [-0.2, -0.15) is 5.10 Å². The minimum absolute atomic E-state index is 0.00768. The number of methoxy groups -OCH3 is 1. The van der Waals surface area contributed by atoms with Crippen molar-refractivity contribution >= 4 is 17.3 Å². The molecule has 5 rings (SSSR count). The van der Waals surface area contributed by atoms with Crippen molar-refractivity contribution in [3.63, 3.8) is 0 Å². The van der Waals surface area contributed by atoms with E-state index in [0.29, 0.717) is 29.7 Å². The Balaban J connectivity index is 1.53. The van der Waals surface area contributed by atoms with E-state index in [2.05, 4.69) is 6.58 Å². The zero-order chi connectivity index (χ0) is 24.4. The van der Waals surface area contributed by atoms with Crippen LogP contribution in [0.5, 0.6) is 23.0 Å². The summed E-state index contributed by atoms with van der Waals surface area (Å²) in [5.41, 5.74) is 3.97. The van der Waals surface area contributed by atoms with Gasteiger partial charge < -0.3 is 18.9 Å². The molecule has 180 valence electrons. The third-order valence-corrected chi connectivity index (χ3v) is 6.32. The van der Waals surface area contributed by atoms with Crippen LogP contribution in [0.25, 0.3) is 0 Å². The van der Waals surface area contributed by atoms with Gasteiger partial charge in [-0.05, 0) is 73.2 Å². The number of halogens is 1. The van der Waals surface area contributed by atoms with Crippen LogP contribution in [0.15, 0.2) is 78.4 Å². The number of hydrazone groups is 1. The lowest BCUT2D eigenvalue weighted by molar-refractivity contribution is -0.0191. The summed E-state index contributed by atoms with van der Waals surface area (Å²) in [6.45, 7) is 6.71. The highest BCUT2D eigenvalue weighted by atomic mass is 35.5. The predicted octanol–water partition coefficient (Wildman–Crippen LogP) is 6.55. The molecule has 0 bridgehead atoms. The number of hydrogen-bond acceptors (Lipinski definition) is 6. The minimum Gasteiger partial charge on any atom is -0.494 e. The Kier molecular flexibility index (Phi) is 6.55. The molecule has 35 heavy (non-hydrogen) atoms. The molecule has 3 aromatic carbocycles. The highest BCUT2D eigenvalue weighted by Crippen LogP contribution is 2.49. The largest absolute Gasteiger partial charge is 0.494 e. The van der Waals surface area contributed by atoms with E-state index in [4.69, 9.17) is 35.6 Å². The van der Waals surface area contributed by atoms with Crippen LogP contribution in [-0.2, 0) is 0 Å². The minimum atomic E-state index is -0.434. The van der Waals surface area contributed by atoms with Crippen LogP contribution in [0.2, 0.25) is 5.02 Å². The lowest BCUT2D eigenvalue weighted by Gasteiger charge is -2.38. The van der Waals surface area contributed by atoms with Gasteiger partial charge in [-0.25, -0.2) is 5.01 Å². The van der Waals surface area contributed by atoms with Crippen molar-refractivity contribution in [2.24, 2.45) is 5.10 Å². The number of benzene rings is 3. The summed E-state index contributed by atoms with van der Waals surface area (Å²) in [6.07, 6.45) is 2.00. The first kappa shape index (κ1) is 23.1. The van der Waals surface area contributed by atoms with Gasteiger partial charge >= 0.3 is 0 Å². The van der Waals surface area contributed by atoms with Gasteiger partial charge in [0.1, 0.15) is 18.1 Å². The van der Waals surface area contributed by atoms with Gasteiger partial charge in [-0.3, -0.25) is 0 Å². The van der Waals surface area contributed by atoms with E-state index < -0.39 is 6.23 Å². The molecule has 0 radical (unpaired) electrons. The van der Waals surface area contributed by atoms with E-state index in [1.54, 1.807) is 13.2 Å². The topological polar surface area (TPSA) is 52.5 Å². The summed E-state index contributed by atoms with van der Waals surface area (Å²) in [4.78, 5) is 0. The summed E-state index contributed by atoms with van der Waals surface area (Å²) in [7, 11) is 1.62. The van der Waals surface area contributed by atoms with Gasteiger partial charge in [0.15, 0.2) is 11.5 Å². The van der Waals surface area contributed by atoms with E-state index in [9.17, 15) is 0 Å². The highest BCUT2D eigenvalue weighted by molar-refractivity contribution is 6.30. The van der Waals surface area contributed by atoms with Crippen LogP contribution in [0.4, 0.5) is 0 Å². The van der Waals surface area contributed by atoms with Crippen molar-refractivity contribution in [3.8, 4) is 23.0 Å². The van der Waals surface area contributed by atoms with E-state index >= 15 is 0 Å².